The molecule has 2 saturated heterocycles. The van der Waals surface area contributed by atoms with Crippen molar-refractivity contribution in [3.63, 3.8) is 0 Å². The van der Waals surface area contributed by atoms with Gasteiger partial charge in [-0.2, -0.15) is 0 Å². The maximum atomic E-state index is 12.6. The fraction of sp³-hybridized carbons (Fsp3) is 0.632. The van der Waals surface area contributed by atoms with E-state index in [2.05, 4.69) is 10.2 Å². The number of hydrogen-bond donors (Lipinski definition) is 1. The number of piperazine rings is 1. The molecule has 1 unspecified atom stereocenters. The smallest absolute Gasteiger partial charge is 0.222 e. The number of nitrogens with zero attached hydrogens (tertiary/aromatic N) is 2. The van der Waals surface area contributed by atoms with Crippen LogP contribution in [0.1, 0.15) is 18.4 Å². The fourth-order valence-electron chi connectivity index (χ4n) is 3.73. The van der Waals surface area contributed by atoms with Gasteiger partial charge >= 0.3 is 0 Å². The third-order valence-corrected chi connectivity index (χ3v) is 5.22. The Labute approximate surface area is 150 Å². The van der Waals surface area contributed by atoms with Crippen molar-refractivity contribution in [3.8, 4) is 11.5 Å². The summed E-state index contributed by atoms with van der Waals surface area (Å²) in [5.74, 6) is 1.78. The van der Waals surface area contributed by atoms with Gasteiger partial charge in [-0.05, 0) is 30.5 Å². The molecular weight excluding hydrogens is 318 g/mol. The number of carbonyl (C=O) groups excluding carboxylic acids is 1. The molecule has 1 aromatic rings. The van der Waals surface area contributed by atoms with E-state index in [9.17, 15) is 4.79 Å². The molecule has 6 heteroatoms. The standard InChI is InChI=1S/C19H29N3O3/c1-24-17-11-15(12-18(13-17)25-2)3-4-19(23)22-8-5-16(14-22)21-9-6-20-7-10-21/h11-13,16,20H,3-10,14H2,1-2H3. The molecule has 0 aromatic heterocycles. The minimum atomic E-state index is 0.249. The van der Waals surface area contributed by atoms with E-state index < -0.39 is 0 Å². The Morgan fingerprint density at radius 1 is 1.12 bits per heavy atom. The zero-order valence-corrected chi connectivity index (χ0v) is 15.3. The summed E-state index contributed by atoms with van der Waals surface area (Å²) in [6, 6.07) is 6.33. The molecule has 0 spiro atoms. The molecule has 1 aromatic carbocycles. The first-order chi connectivity index (χ1) is 12.2. The van der Waals surface area contributed by atoms with E-state index in [4.69, 9.17) is 9.47 Å². The summed E-state index contributed by atoms with van der Waals surface area (Å²) in [7, 11) is 3.29. The molecule has 0 radical (unpaired) electrons. The lowest BCUT2D eigenvalue weighted by molar-refractivity contribution is -0.130. The maximum absolute atomic E-state index is 12.6. The number of amides is 1. The predicted molar refractivity (Wildman–Crippen MR) is 97.3 cm³/mol. The molecule has 6 nitrogen and oxygen atoms in total. The zero-order chi connectivity index (χ0) is 17.6. The number of likely N-dealkylation sites (tertiary alicyclic amines) is 1. The summed E-state index contributed by atoms with van der Waals surface area (Å²) in [5.41, 5.74) is 1.07. The molecule has 2 aliphatic heterocycles. The number of methoxy groups -OCH3 is 2. The Morgan fingerprint density at radius 2 is 1.80 bits per heavy atom. The largest absolute Gasteiger partial charge is 0.497 e. The molecule has 1 amide bonds. The highest BCUT2D eigenvalue weighted by Gasteiger charge is 2.30. The van der Waals surface area contributed by atoms with E-state index >= 15 is 0 Å². The van der Waals surface area contributed by atoms with Crippen LogP contribution in [-0.2, 0) is 11.2 Å². The second-order valence-corrected chi connectivity index (χ2v) is 6.79. The van der Waals surface area contributed by atoms with E-state index in [1.165, 1.54) is 0 Å². The van der Waals surface area contributed by atoms with Gasteiger partial charge in [-0.1, -0.05) is 0 Å². The van der Waals surface area contributed by atoms with Crippen LogP contribution in [0.5, 0.6) is 11.5 Å². The SMILES string of the molecule is COc1cc(CCC(=O)N2CCC(N3CCNCC3)C2)cc(OC)c1. The van der Waals surface area contributed by atoms with Crippen molar-refractivity contribution in [3.05, 3.63) is 23.8 Å². The molecule has 3 rings (SSSR count). The Hall–Kier alpha value is -1.79. The lowest BCUT2D eigenvalue weighted by Gasteiger charge is -2.32. The van der Waals surface area contributed by atoms with Gasteiger partial charge in [0.15, 0.2) is 0 Å². The van der Waals surface area contributed by atoms with Crippen LogP contribution in [0.4, 0.5) is 0 Å². The van der Waals surface area contributed by atoms with E-state index in [1.807, 2.05) is 23.1 Å². The van der Waals surface area contributed by atoms with E-state index in [-0.39, 0.29) is 5.91 Å². The minimum absolute atomic E-state index is 0.249. The Balaban J connectivity index is 1.51. The summed E-state index contributed by atoms with van der Waals surface area (Å²) in [6.07, 6.45) is 2.34. The van der Waals surface area contributed by atoms with Crippen LogP contribution in [0.3, 0.4) is 0 Å². The summed E-state index contributed by atoms with van der Waals surface area (Å²) in [5, 5.41) is 3.39. The third-order valence-electron chi connectivity index (χ3n) is 5.22. The van der Waals surface area contributed by atoms with Gasteiger partial charge in [-0.3, -0.25) is 9.69 Å². The first-order valence-electron chi connectivity index (χ1n) is 9.14. The van der Waals surface area contributed by atoms with E-state index in [1.54, 1.807) is 14.2 Å². The van der Waals surface area contributed by atoms with E-state index in [0.717, 1.165) is 62.8 Å². The van der Waals surface area contributed by atoms with Crippen LogP contribution in [0.25, 0.3) is 0 Å². The van der Waals surface area contributed by atoms with Crippen LogP contribution in [0.2, 0.25) is 0 Å². The molecule has 2 heterocycles. The molecule has 138 valence electrons. The summed E-state index contributed by atoms with van der Waals surface area (Å²) >= 11 is 0. The van der Waals surface area contributed by atoms with Crippen molar-refractivity contribution in [2.24, 2.45) is 0 Å². The lowest BCUT2D eigenvalue weighted by atomic mass is 10.1. The van der Waals surface area contributed by atoms with Gasteiger partial charge in [0, 0.05) is 57.8 Å². The monoisotopic (exact) mass is 347 g/mol. The number of rotatable bonds is 6. The van der Waals surface area contributed by atoms with Crippen molar-refractivity contribution >= 4 is 5.91 Å². The van der Waals surface area contributed by atoms with Crippen molar-refractivity contribution in [1.82, 2.24) is 15.1 Å². The fourth-order valence-corrected chi connectivity index (χ4v) is 3.73. The lowest BCUT2D eigenvalue weighted by Crippen LogP contribution is -2.49. The summed E-state index contributed by atoms with van der Waals surface area (Å²) in [6.45, 7) is 6.06. The van der Waals surface area contributed by atoms with Crippen LogP contribution < -0.4 is 14.8 Å². The second kappa shape index (κ2) is 8.54. The van der Waals surface area contributed by atoms with Crippen molar-refractivity contribution in [2.45, 2.75) is 25.3 Å². The molecule has 0 saturated carbocycles. The average molecular weight is 347 g/mol. The quantitative estimate of drug-likeness (QED) is 0.836. The van der Waals surface area contributed by atoms with Gasteiger partial charge in [-0.25, -0.2) is 0 Å². The van der Waals surface area contributed by atoms with Gasteiger partial charge in [-0.15, -0.1) is 0 Å². The van der Waals surface area contributed by atoms with Crippen LogP contribution in [0, 0.1) is 0 Å². The van der Waals surface area contributed by atoms with Gasteiger partial charge in [0.2, 0.25) is 5.91 Å². The number of ether oxygens (including phenoxy) is 2. The average Bonchev–Trinajstić information content (AvgIpc) is 3.16. The van der Waals surface area contributed by atoms with Crippen molar-refractivity contribution < 1.29 is 14.3 Å². The normalized spacial score (nSPS) is 21.4. The molecule has 1 atom stereocenters. The highest BCUT2D eigenvalue weighted by Crippen LogP contribution is 2.24. The van der Waals surface area contributed by atoms with Crippen LogP contribution >= 0.6 is 0 Å². The molecule has 2 aliphatic rings. The highest BCUT2D eigenvalue weighted by atomic mass is 16.5. The number of carbonyl (C=O) groups is 1. The van der Waals surface area contributed by atoms with Gasteiger partial charge in [0.1, 0.15) is 11.5 Å². The molecular formula is C19H29N3O3. The molecule has 0 aliphatic carbocycles. The number of benzene rings is 1. The predicted octanol–water partition coefficient (Wildman–Crippen LogP) is 1.14. The minimum Gasteiger partial charge on any atom is -0.497 e. The second-order valence-electron chi connectivity index (χ2n) is 6.79. The molecule has 0 bridgehead atoms. The van der Waals surface area contributed by atoms with Crippen LogP contribution in [0.15, 0.2) is 18.2 Å². The van der Waals surface area contributed by atoms with Crippen LogP contribution in [-0.4, -0.2) is 75.2 Å². The topological polar surface area (TPSA) is 54.0 Å². The zero-order valence-electron chi connectivity index (χ0n) is 15.3. The maximum Gasteiger partial charge on any atom is 0.222 e. The van der Waals surface area contributed by atoms with E-state index in [0.29, 0.717) is 18.9 Å². The highest BCUT2D eigenvalue weighted by molar-refractivity contribution is 5.76. The van der Waals surface area contributed by atoms with Crippen molar-refractivity contribution in [1.29, 1.82) is 0 Å². The first kappa shape index (κ1) is 18.0. The number of nitrogens with one attached hydrogen (secondary N) is 1. The van der Waals surface area contributed by atoms with Gasteiger partial charge < -0.3 is 19.7 Å². The molecule has 25 heavy (non-hydrogen) atoms. The summed E-state index contributed by atoms with van der Waals surface area (Å²) < 4.78 is 10.6. The van der Waals surface area contributed by atoms with Gasteiger partial charge in [0.05, 0.1) is 14.2 Å². The Kier molecular flexibility index (Phi) is 6.15. The Bertz CT molecular complexity index is 565. The Morgan fingerprint density at radius 3 is 2.44 bits per heavy atom. The van der Waals surface area contributed by atoms with Crippen molar-refractivity contribution in [2.75, 3.05) is 53.5 Å². The van der Waals surface area contributed by atoms with Gasteiger partial charge in [0.25, 0.3) is 0 Å². The third kappa shape index (κ3) is 4.64. The number of hydrogen-bond acceptors (Lipinski definition) is 5. The summed E-state index contributed by atoms with van der Waals surface area (Å²) in [4.78, 5) is 17.1. The molecule has 1 N–H and O–H groups in total. The number of aryl methyl sites for hydroxylation is 1. The first-order valence-corrected chi connectivity index (χ1v) is 9.14. The molecule has 2 fully saturated rings.